The summed E-state index contributed by atoms with van der Waals surface area (Å²) in [4.78, 5) is 22.1. The molecule has 1 fully saturated rings. The Balaban J connectivity index is 2.06. The van der Waals surface area contributed by atoms with Crippen LogP contribution in [0.25, 0.3) is 0 Å². The van der Waals surface area contributed by atoms with Gasteiger partial charge in [0.25, 0.3) is 11.6 Å². The number of aliphatic hydroxyl groups is 1. The van der Waals surface area contributed by atoms with Crippen LogP contribution >= 0.6 is 11.6 Å². The SMILES string of the molecule is O=C(NCC1(O)CCCC1)c1ccc(Cl)c([N+](=O)[O-])c1. The Morgan fingerprint density at radius 3 is 2.70 bits per heavy atom. The van der Waals surface area contributed by atoms with Crippen LogP contribution in [0.2, 0.25) is 5.02 Å². The van der Waals surface area contributed by atoms with E-state index in [1.807, 2.05) is 0 Å². The monoisotopic (exact) mass is 298 g/mol. The molecule has 20 heavy (non-hydrogen) atoms. The van der Waals surface area contributed by atoms with E-state index in [0.29, 0.717) is 12.8 Å². The predicted octanol–water partition coefficient (Wildman–Crippen LogP) is 2.28. The number of halogens is 1. The van der Waals surface area contributed by atoms with E-state index in [-0.39, 0.29) is 22.8 Å². The van der Waals surface area contributed by atoms with Gasteiger partial charge in [-0.2, -0.15) is 0 Å². The van der Waals surface area contributed by atoms with Gasteiger partial charge >= 0.3 is 0 Å². The largest absolute Gasteiger partial charge is 0.388 e. The third-order valence-corrected chi connectivity index (χ3v) is 3.84. The highest BCUT2D eigenvalue weighted by molar-refractivity contribution is 6.32. The normalized spacial score (nSPS) is 16.9. The van der Waals surface area contributed by atoms with Gasteiger partial charge in [-0.05, 0) is 25.0 Å². The first-order valence-electron chi connectivity index (χ1n) is 6.36. The number of rotatable bonds is 4. The maximum Gasteiger partial charge on any atom is 0.288 e. The number of nitrogens with one attached hydrogen (secondary N) is 1. The maximum atomic E-state index is 11.9. The van der Waals surface area contributed by atoms with Crippen LogP contribution in [0.1, 0.15) is 36.0 Å². The fraction of sp³-hybridized carbons (Fsp3) is 0.462. The first kappa shape index (κ1) is 14.7. The van der Waals surface area contributed by atoms with E-state index in [1.165, 1.54) is 12.1 Å². The Bertz CT molecular complexity index is 541. The third kappa shape index (κ3) is 3.26. The summed E-state index contributed by atoms with van der Waals surface area (Å²) >= 11 is 5.69. The molecule has 2 rings (SSSR count). The van der Waals surface area contributed by atoms with Crippen molar-refractivity contribution < 1.29 is 14.8 Å². The molecule has 0 radical (unpaired) electrons. The Kier molecular flexibility index (Phi) is 4.25. The Morgan fingerprint density at radius 1 is 1.45 bits per heavy atom. The minimum absolute atomic E-state index is 0.0130. The molecule has 0 atom stereocenters. The second-order valence-electron chi connectivity index (χ2n) is 5.04. The van der Waals surface area contributed by atoms with Crippen molar-refractivity contribution in [3.63, 3.8) is 0 Å². The molecule has 0 saturated heterocycles. The van der Waals surface area contributed by atoms with Gasteiger partial charge in [-0.25, -0.2) is 0 Å². The quantitative estimate of drug-likeness (QED) is 0.659. The number of nitrogens with zero attached hydrogens (tertiary/aromatic N) is 1. The standard InChI is InChI=1S/C13H15ClN2O4/c14-10-4-3-9(7-11(10)16(19)20)12(17)15-8-13(18)5-1-2-6-13/h3-4,7,18H,1-2,5-6,8H2,(H,15,17). The molecule has 1 aliphatic rings. The number of nitro benzene ring substituents is 1. The summed E-state index contributed by atoms with van der Waals surface area (Å²) in [6.45, 7) is 0.155. The van der Waals surface area contributed by atoms with E-state index in [2.05, 4.69) is 5.32 Å². The van der Waals surface area contributed by atoms with E-state index < -0.39 is 16.4 Å². The molecule has 1 aliphatic carbocycles. The molecule has 1 aromatic carbocycles. The summed E-state index contributed by atoms with van der Waals surface area (Å²) in [7, 11) is 0. The van der Waals surface area contributed by atoms with E-state index >= 15 is 0 Å². The summed E-state index contributed by atoms with van der Waals surface area (Å²) < 4.78 is 0. The van der Waals surface area contributed by atoms with E-state index in [9.17, 15) is 20.0 Å². The number of hydrogen-bond donors (Lipinski definition) is 2. The van der Waals surface area contributed by atoms with Gasteiger partial charge in [-0.15, -0.1) is 0 Å². The van der Waals surface area contributed by atoms with Crippen molar-refractivity contribution in [2.75, 3.05) is 6.54 Å². The lowest BCUT2D eigenvalue weighted by Crippen LogP contribution is -2.40. The molecular weight excluding hydrogens is 284 g/mol. The van der Waals surface area contributed by atoms with Crippen molar-refractivity contribution >= 4 is 23.2 Å². The van der Waals surface area contributed by atoms with Crippen LogP contribution in [0, 0.1) is 10.1 Å². The molecule has 7 heteroatoms. The summed E-state index contributed by atoms with van der Waals surface area (Å²) in [5.74, 6) is -0.454. The van der Waals surface area contributed by atoms with Gasteiger partial charge in [0.15, 0.2) is 0 Å². The van der Waals surface area contributed by atoms with Crippen LogP contribution in [0.15, 0.2) is 18.2 Å². The second kappa shape index (κ2) is 5.76. The van der Waals surface area contributed by atoms with Crippen LogP contribution in [-0.2, 0) is 0 Å². The molecule has 2 N–H and O–H groups in total. The third-order valence-electron chi connectivity index (χ3n) is 3.52. The number of carbonyl (C=O) groups excluding carboxylic acids is 1. The van der Waals surface area contributed by atoms with Gasteiger partial charge in [0.2, 0.25) is 0 Å². The zero-order valence-corrected chi connectivity index (χ0v) is 11.5. The molecule has 1 saturated carbocycles. The first-order chi connectivity index (χ1) is 9.41. The van der Waals surface area contributed by atoms with Gasteiger partial charge in [-0.1, -0.05) is 24.4 Å². The van der Waals surface area contributed by atoms with Crippen molar-refractivity contribution in [1.29, 1.82) is 0 Å². The van der Waals surface area contributed by atoms with Gasteiger partial charge in [-0.3, -0.25) is 14.9 Å². The van der Waals surface area contributed by atoms with Crippen molar-refractivity contribution in [1.82, 2.24) is 5.32 Å². The Labute approximate surface area is 120 Å². The summed E-state index contributed by atoms with van der Waals surface area (Å²) in [6, 6.07) is 3.87. The molecule has 0 aliphatic heterocycles. The smallest absolute Gasteiger partial charge is 0.288 e. The summed E-state index contributed by atoms with van der Waals surface area (Å²) in [5.41, 5.74) is -1.00. The fourth-order valence-corrected chi connectivity index (χ4v) is 2.54. The predicted molar refractivity (Wildman–Crippen MR) is 73.9 cm³/mol. The molecule has 6 nitrogen and oxygen atoms in total. The molecule has 0 bridgehead atoms. The van der Waals surface area contributed by atoms with E-state index in [4.69, 9.17) is 11.6 Å². The lowest BCUT2D eigenvalue weighted by Gasteiger charge is -2.22. The number of hydrogen-bond acceptors (Lipinski definition) is 4. The lowest BCUT2D eigenvalue weighted by molar-refractivity contribution is -0.384. The Morgan fingerprint density at radius 2 is 2.10 bits per heavy atom. The number of carbonyl (C=O) groups is 1. The average Bonchev–Trinajstić information content (AvgIpc) is 2.84. The highest BCUT2D eigenvalue weighted by atomic mass is 35.5. The minimum atomic E-state index is -0.853. The topological polar surface area (TPSA) is 92.5 Å². The molecule has 0 spiro atoms. The average molecular weight is 299 g/mol. The number of amides is 1. The molecule has 1 aromatic rings. The van der Waals surface area contributed by atoms with Gasteiger partial charge in [0.05, 0.1) is 10.5 Å². The highest BCUT2D eigenvalue weighted by Gasteiger charge is 2.31. The molecular formula is C13H15ClN2O4. The highest BCUT2D eigenvalue weighted by Crippen LogP contribution is 2.29. The number of nitro groups is 1. The van der Waals surface area contributed by atoms with Crippen LogP contribution < -0.4 is 5.32 Å². The molecule has 0 unspecified atom stereocenters. The zero-order valence-electron chi connectivity index (χ0n) is 10.8. The summed E-state index contributed by atoms with van der Waals surface area (Å²) in [6.07, 6.45) is 3.21. The van der Waals surface area contributed by atoms with Crippen LogP contribution in [0.4, 0.5) is 5.69 Å². The van der Waals surface area contributed by atoms with Crippen LogP contribution in [-0.4, -0.2) is 28.1 Å². The van der Waals surface area contributed by atoms with Crippen molar-refractivity contribution in [3.05, 3.63) is 38.9 Å². The van der Waals surface area contributed by atoms with Gasteiger partial charge < -0.3 is 10.4 Å². The maximum absolute atomic E-state index is 11.9. The lowest BCUT2D eigenvalue weighted by atomic mass is 10.0. The van der Waals surface area contributed by atoms with E-state index in [0.717, 1.165) is 18.9 Å². The van der Waals surface area contributed by atoms with Crippen LogP contribution in [0.3, 0.4) is 0 Å². The van der Waals surface area contributed by atoms with Crippen molar-refractivity contribution in [3.8, 4) is 0 Å². The molecule has 1 amide bonds. The fourth-order valence-electron chi connectivity index (χ4n) is 2.35. The van der Waals surface area contributed by atoms with Crippen molar-refractivity contribution in [2.45, 2.75) is 31.3 Å². The molecule has 0 aromatic heterocycles. The molecule has 0 heterocycles. The Hall–Kier alpha value is -1.66. The van der Waals surface area contributed by atoms with E-state index in [1.54, 1.807) is 0 Å². The first-order valence-corrected chi connectivity index (χ1v) is 6.74. The number of benzene rings is 1. The second-order valence-corrected chi connectivity index (χ2v) is 5.44. The minimum Gasteiger partial charge on any atom is -0.388 e. The van der Waals surface area contributed by atoms with Gasteiger partial charge in [0.1, 0.15) is 5.02 Å². The van der Waals surface area contributed by atoms with Crippen molar-refractivity contribution in [2.24, 2.45) is 0 Å². The zero-order chi connectivity index (χ0) is 14.8. The van der Waals surface area contributed by atoms with Crippen LogP contribution in [0.5, 0.6) is 0 Å². The summed E-state index contributed by atoms with van der Waals surface area (Å²) in [5, 5.41) is 23.5. The van der Waals surface area contributed by atoms with Gasteiger partial charge in [0, 0.05) is 18.2 Å². The molecule has 108 valence electrons.